The van der Waals surface area contributed by atoms with E-state index in [9.17, 15) is 0 Å². The van der Waals surface area contributed by atoms with Crippen molar-refractivity contribution >= 4 is 58.2 Å². The molecule has 0 atom stereocenters. The molecule has 0 N–H and O–H groups in total. The van der Waals surface area contributed by atoms with Crippen molar-refractivity contribution in [1.82, 2.24) is 0 Å². The van der Waals surface area contributed by atoms with E-state index >= 15 is 0 Å². The summed E-state index contributed by atoms with van der Waals surface area (Å²) in [6, 6.07) is 3.62. The van der Waals surface area contributed by atoms with E-state index in [4.69, 9.17) is 46.4 Å². The molecule has 0 unspecified atom stereocenters. The van der Waals surface area contributed by atoms with Gasteiger partial charge in [-0.2, -0.15) is 0 Å². The Hall–Kier alpha value is 0.730. The van der Waals surface area contributed by atoms with Crippen molar-refractivity contribution in [3.05, 3.63) is 28.3 Å². The van der Waals surface area contributed by atoms with Gasteiger partial charge in [-0.3, -0.25) is 0 Å². The Labute approximate surface area is 108 Å². The van der Waals surface area contributed by atoms with Gasteiger partial charge in [0.2, 0.25) is 3.79 Å². The third-order valence-electron chi connectivity index (χ3n) is 1.80. The molecule has 0 saturated heterocycles. The number of rotatable bonds is 1. The highest BCUT2D eigenvalue weighted by atomic mass is 35.6. The summed E-state index contributed by atoms with van der Waals surface area (Å²) in [6.45, 7) is 1.90. The highest BCUT2D eigenvalue weighted by Gasteiger charge is 2.25. The minimum absolute atomic E-state index is 0.615. The van der Waals surface area contributed by atoms with Gasteiger partial charge in [-0.15, -0.1) is 11.8 Å². The lowest BCUT2D eigenvalue weighted by atomic mass is 10.1. The van der Waals surface area contributed by atoms with Crippen LogP contribution in [0.2, 0.25) is 5.02 Å². The first-order chi connectivity index (χ1) is 6.36. The van der Waals surface area contributed by atoms with E-state index in [0.29, 0.717) is 10.6 Å². The summed E-state index contributed by atoms with van der Waals surface area (Å²) in [5.41, 5.74) is 1.56. The van der Waals surface area contributed by atoms with Gasteiger partial charge in [-0.1, -0.05) is 46.4 Å². The average molecular weight is 290 g/mol. The summed E-state index contributed by atoms with van der Waals surface area (Å²) in [6.07, 6.45) is 1.95. The van der Waals surface area contributed by atoms with Crippen molar-refractivity contribution in [2.24, 2.45) is 0 Å². The normalized spacial score (nSPS) is 11.9. The molecule has 0 nitrogen and oxygen atoms in total. The number of benzene rings is 1. The van der Waals surface area contributed by atoms with E-state index in [1.807, 2.05) is 19.2 Å². The number of aryl methyl sites for hydroxylation is 1. The summed E-state index contributed by atoms with van der Waals surface area (Å²) in [5, 5.41) is 0.615. The second kappa shape index (κ2) is 4.71. The first-order valence-electron chi connectivity index (χ1n) is 3.77. The predicted octanol–water partition coefficient (Wildman–Crippen LogP) is 5.20. The smallest absolute Gasteiger partial charge is 0.128 e. The van der Waals surface area contributed by atoms with Gasteiger partial charge >= 0.3 is 0 Å². The summed E-state index contributed by atoms with van der Waals surface area (Å²) in [4.78, 5) is 0.988. The Bertz CT molecular complexity index is 343. The molecule has 1 rings (SSSR count). The summed E-state index contributed by atoms with van der Waals surface area (Å²) in [7, 11) is 0. The monoisotopic (exact) mass is 288 g/mol. The van der Waals surface area contributed by atoms with Gasteiger partial charge in [-0.05, 0) is 30.9 Å². The molecular weight excluding hydrogens is 282 g/mol. The molecule has 0 aliphatic heterocycles. The molecule has 0 radical (unpaired) electrons. The minimum Gasteiger partial charge on any atom is -0.128 e. The predicted molar refractivity (Wildman–Crippen MR) is 67.2 cm³/mol. The van der Waals surface area contributed by atoms with Crippen LogP contribution in [0.25, 0.3) is 0 Å². The van der Waals surface area contributed by atoms with E-state index < -0.39 is 3.79 Å². The standard InChI is InChI=1S/C9H8Cl4S/c1-5-3-8(14-2)7(10)4-6(5)9(11,12)13/h3-4H,1-2H3. The molecule has 0 heterocycles. The summed E-state index contributed by atoms with van der Waals surface area (Å²) in [5.74, 6) is 0. The molecule has 1 aromatic carbocycles. The van der Waals surface area contributed by atoms with Crippen LogP contribution in [-0.2, 0) is 3.79 Å². The molecule has 14 heavy (non-hydrogen) atoms. The molecule has 0 aliphatic carbocycles. The number of thioether (sulfide) groups is 1. The zero-order chi connectivity index (χ0) is 10.9. The Kier molecular flexibility index (Phi) is 4.31. The van der Waals surface area contributed by atoms with Crippen molar-refractivity contribution in [2.45, 2.75) is 15.6 Å². The van der Waals surface area contributed by atoms with Crippen molar-refractivity contribution in [3.63, 3.8) is 0 Å². The lowest BCUT2D eigenvalue weighted by Crippen LogP contribution is -2.03. The van der Waals surface area contributed by atoms with Gasteiger partial charge in [-0.25, -0.2) is 0 Å². The van der Waals surface area contributed by atoms with Crippen LogP contribution in [-0.4, -0.2) is 6.26 Å². The van der Waals surface area contributed by atoms with Crippen molar-refractivity contribution in [1.29, 1.82) is 0 Å². The molecule has 0 saturated carbocycles. The van der Waals surface area contributed by atoms with E-state index in [2.05, 4.69) is 0 Å². The number of alkyl halides is 3. The summed E-state index contributed by atoms with van der Waals surface area (Å²) < 4.78 is -1.41. The van der Waals surface area contributed by atoms with Crippen LogP contribution in [0.15, 0.2) is 17.0 Å². The van der Waals surface area contributed by atoms with Crippen molar-refractivity contribution in [3.8, 4) is 0 Å². The van der Waals surface area contributed by atoms with Gasteiger partial charge in [0.15, 0.2) is 0 Å². The van der Waals surface area contributed by atoms with Crippen LogP contribution in [0.1, 0.15) is 11.1 Å². The van der Waals surface area contributed by atoms with E-state index in [1.54, 1.807) is 17.8 Å². The molecule has 5 heteroatoms. The molecule has 78 valence electrons. The number of halogens is 4. The largest absolute Gasteiger partial charge is 0.216 e. The Morgan fingerprint density at radius 1 is 1.21 bits per heavy atom. The topological polar surface area (TPSA) is 0 Å². The number of hydrogen-bond acceptors (Lipinski definition) is 1. The van der Waals surface area contributed by atoms with E-state index in [1.165, 1.54) is 0 Å². The third-order valence-corrected chi connectivity index (χ3v) is 3.62. The quantitative estimate of drug-likeness (QED) is 0.506. The highest BCUT2D eigenvalue weighted by molar-refractivity contribution is 7.98. The Morgan fingerprint density at radius 3 is 2.21 bits per heavy atom. The fourth-order valence-corrected chi connectivity index (χ4v) is 2.67. The van der Waals surface area contributed by atoms with Crippen LogP contribution in [0.5, 0.6) is 0 Å². The van der Waals surface area contributed by atoms with Gasteiger partial charge in [0.05, 0.1) is 5.02 Å². The first-order valence-corrected chi connectivity index (χ1v) is 6.51. The maximum atomic E-state index is 6.01. The minimum atomic E-state index is -1.41. The fraction of sp³-hybridized carbons (Fsp3) is 0.333. The van der Waals surface area contributed by atoms with Crippen molar-refractivity contribution in [2.75, 3.05) is 6.26 Å². The Balaban J connectivity index is 3.29. The number of hydrogen-bond donors (Lipinski definition) is 0. The Morgan fingerprint density at radius 2 is 1.79 bits per heavy atom. The molecule has 0 bridgehead atoms. The lowest BCUT2D eigenvalue weighted by Gasteiger charge is -2.16. The molecule has 0 spiro atoms. The average Bonchev–Trinajstić information content (AvgIpc) is 2.06. The maximum absolute atomic E-state index is 6.01. The van der Waals surface area contributed by atoms with E-state index in [0.717, 1.165) is 10.5 Å². The van der Waals surface area contributed by atoms with E-state index in [-0.39, 0.29) is 0 Å². The van der Waals surface area contributed by atoms with Crippen LogP contribution in [0, 0.1) is 6.92 Å². The van der Waals surface area contributed by atoms with Crippen LogP contribution >= 0.6 is 58.2 Å². The van der Waals surface area contributed by atoms with Gasteiger partial charge in [0.1, 0.15) is 0 Å². The molecule has 1 aromatic rings. The first kappa shape index (κ1) is 12.8. The molecule has 0 amide bonds. The molecular formula is C9H8Cl4S. The maximum Gasteiger partial charge on any atom is 0.216 e. The van der Waals surface area contributed by atoms with Crippen LogP contribution in [0.3, 0.4) is 0 Å². The fourth-order valence-electron chi connectivity index (χ4n) is 1.12. The SMILES string of the molecule is CSc1cc(C)c(C(Cl)(Cl)Cl)cc1Cl. The van der Waals surface area contributed by atoms with Gasteiger partial charge in [0.25, 0.3) is 0 Å². The zero-order valence-corrected chi connectivity index (χ0v) is 11.4. The zero-order valence-electron chi connectivity index (χ0n) is 7.57. The molecule has 0 aliphatic rings. The van der Waals surface area contributed by atoms with Gasteiger partial charge < -0.3 is 0 Å². The van der Waals surface area contributed by atoms with Crippen molar-refractivity contribution < 1.29 is 0 Å². The lowest BCUT2D eigenvalue weighted by molar-refractivity contribution is 1.16. The molecule has 0 aromatic heterocycles. The summed E-state index contributed by atoms with van der Waals surface area (Å²) >= 11 is 25.0. The highest BCUT2D eigenvalue weighted by Crippen LogP contribution is 2.42. The second-order valence-electron chi connectivity index (χ2n) is 2.80. The van der Waals surface area contributed by atoms with Crippen LogP contribution < -0.4 is 0 Å². The second-order valence-corrected chi connectivity index (χ2v) is 6.34. The van der Waals surface area contributed by atoms with Gasteiger partial charge in [0, 0.05) is 10.5 Å². The third kappa shape index (κ3) is 2.86. The molecule has 0 fully saturated rings. The van der Waals surface area contributed by atoms with Crippen LogP contribution in [0.4, 0.5) is 0 Å².